The molecule has 1 heterocycles. The van der Waals surface area contributed by atoms with Crippen molar-refractivity contribution in [2.75, 3.05) is 26.7 Å². The van der Waals surface area contributed by atoms with E-state index in [2.05, 4.69) is 20.5 Å². The first kappa shape index (κ1) is 20.1. The number of benzene rings is 1. The maximum Gasteiger partial charge on any atom is 0.191 e. The molecule has 1 aromatic carbocycles. The van der Waals surface area contributed by atoms with E-state index in [0.29, 0.717) is 18.2 Å². The molecule has 0 bridgehead atoms. The molecule has 4 nitrogen and oxygen atoms in total. The highest BCUT2D eigenvalue weighted by Crippen LogP contribution is 2.26. The van der Waals surface area contributed by atoms with Gasteiger partial charge in [0.15, 0.2) is 5.96 Å². The van der Waals surface area contributed by atoms with Crippen LogP contribution in [0.3, 0.4) is 0 Å². The van der Waals surface area contributed by atoms with Gasteiger partial charge in [0, 0.05) is 50.7 Å². The molecule has 2 fully saturated rings. The highest BCUT2D eigenvalue weighted by molar-refractivity contribution is 5.80. The molecule has 1 unspecified atom stereocenters. The molecule has 1 saturated heterocycles. The van der Waals surface area contributed by atoms with E-state index < -0.39 is 11.6 Å². The van der Waals surface area contributed by atoms with Crippen molar-refractivity contribution in [1.29, 1.82) is 0 Å². The Labute approximate surface area is 161 Å². The molecule has 0 aromatic heterocycles. The zero-order valence-electron chi connectivity index (χ0n) is 16.5. The fourth-order valence-corrected chi connectivity index (χ4v) is 4.33. The van der Waals surface area contributed by atoms with Crippen LogP contribution >= 0.6 is 0 Å². The maximum atomic E-state index is 13.9. The summed E-state index contributed by atoms with van der Waals surface area (Å²) in [7, 11) is 1.76. The molecular weight excluding hydrogens is 346 g/mol. The molecule has 150 valence electrons. The van der Waals surface area contributed by atoms with Crippen LogP contribution < -0.4 is 10.6 Å². The number of hydrogen-bond acceptors (Lipinski definition) is 2. The second-order valence-electron chi connectivity index (χ2n) is 7.91. The molecule has 0 spiro atoms. The van der Waals surface area contributed by atoms with Crippen LogP contribution in [0, 0.1) is 11.6 Å². The number of hydrogen-bond donors (Lipinski definition) is 2. The van der Waals surface area contributed by atoms with Crippen molar-refractivity contribution in [3.8, 4) is 0 Å². The van der Waals surface area contributed by atoms with Gasteiger partial charge in [0.05, 0.1) is 0 Å². The quantitative estimate of drug-likeness (QED) is 0.607. The van der Waals surface area contributed by atoms with Gasteiger partial charge in [-0.15, -0.1) is 0 Å². The molecule has 27 heavy (non-hydrogen) atoms. The molecule has 1 aliphatic heterocycles. The van der Waals surface area contributed by atoms with Crippen molar-refractivity contribution in [1.82, 2.24) is 15.5 Å². The van der Waals surface area contributed by atoms with E-state index in [9.17, 15) is 8.78 Å². The number of aliphatic imine (C=N–C) groups is 1. The Morgan fingerprint density at radius 1 is 1.19 bits per heavy atom. The smallest absolute Gasteiger partial charge is 0.191 e. The van der Waals surface area contributed by atoms with Gasteiger partial charge in [-0.2, -0.15) is 0 Å². The minimum atomic E-state index is -0.544. The van der Waals surface area contributed by atoms with Crippen LogP contribution in [0.2, 0.25) is 0 Å². The van der Waals surface area contributed by atoms with Crippen LogP contribution in [0.5, 0.6) is 0 Å². The predicted octanol–water partition coefficient (Wildman–Crippen LogP) is 3.64. The summed E-state index contributed by atoms with van der Waals surface area (Å²) >= 11 is 0. The van der Waals surface area contributed by atoms with Crippen LogP contribution in [0.4, 0.5) is 8.78 Å². The lowest BCUT2D eigenvalue weighted by Crippen LogP contribution is -2.50. The summed E-state index contributed by atoms with van der Waals surface area (Å²) in [5.74, 6) is -0.360. The van der Waals surface area contributed by atoms with E-state index in [4.69, 9.17) is 0 Å². The van der Waals surface area contributed by atoms with Crippen molar-refractivity contribution in [2.45, 2.75) is 63.5 Å². The van der Waals surface area contributed by atoms with Crippen molar-refractivity contribution >= 4 is 5.96 Å². The molecule has 6 heteroatoms. The highest BCUT2D eigenvalue weighted by Gasteiger charge is 2.27. The first-order valence-corrected chi connectivity index (χ1v) is 10.2. The lowest BCUT2D eigenvalue weighted by atomic mass is 10.0. The monoisotopic (exact) mass is 378 g/mol. The number of nitrogens with zero attached hydrogens (tertiary/aromatic N) is 2. The Morgan fingerprint density at radius 2 is 1.89 bits per heavy atom. The zero-order valence-corrected chi connectivity index (χ0v) is 16.5. The van der Waals surface area contributed by atoms with E-state index in [1.54, 1.807) is 7.05 Å². The number of guanidine groups is 1. The summed E-state index contributed by atoms with van der Waals surface area (Å²) in [4.78, 5) is 6.96. The van der Waals surface area contributed by atoms with Gasteiger partial charge in [0.1, 0.15) is 11.6 Å². The minimum Gasteiger partial charge on any atom is -0.356 e. The van der Waals surface area contributed by atoms with Gasteiger partial charge in [0.2, 0.25) is 0 Å². The van der Waals surface area contributed by atoms with Gasteiger partial charge in [-0.05, 0) is 37.3 Å². The summed E-state index contributed by atoms with van der Waals surface area (Å²) in [5, 5.41) is 6.79. The molecule has 2 aliphatic rings. The van der Waals surface area contributed by atoms with Crippen LogP contribution in [0.25, 0.3) is 0 Å². The minimum absolute atomic E-state index is 0.0756. The van der Waals surface area contributed by atoms with E-state index in [1.165, 1.54) is 37.8 Å². The Balaban J connectivity index is 1.44. The molecule has 1 aliphatic carbocycles. The van der Waals surface area contributed by atoms with E-state index >= 15 is 0 Å². The summed E-state index contributed by atoms with van der Waals surface area (Å²) in [5.41, 5.74) is 0.518. The number of rotatable bonds is 5. The average molecular weight is 379 g/mol. The van der Waals surface area contributed by atoms with E-state index in [-0.39, 0.29) is 5.92 Å². The van der Waals surface area contributed by atoms with Crippen LogP contribution in [0.1, 0.15) is 56.9 Å². The summed E-state index contributed by atoms with van der Waals surface area (Å²) in [6, 6.07) is 4.99. The van der Waals surface area contributed by atoms with Crippen LogP contribution in [0.15, 0.2) is 23.2 Å². The number of nitrogens with one attached hydrogen (secondary N) is 2. The third kappa shape index (κ3) is 5.41. The maximum absolute atomic E-state index is 13.9. The fraction of sp³-hybridized carbons (Fsp3) is 0.667. The van der Waals surface area contributed by atoms with Gasteiger partial charge in [-0.1, -0.05) is 25.8 Å². The molecule has 1 atom stereocenters. The van der Waals surface area contributed by atoms with E-state index in [1.807, 2.05) is 6.92 Å². The third-order valence-corrected chi connectivity index (χ3v) is 6.00. The Hall–Kier alpha value is -1.69. The molecule has 2 N–H and O–H groups in total. The third-order valence-electron chi connectivity index (χ3n) is 6.00. The second kappa shape index (κ2) is 9.49. The van der Waals surface area contributed by atoms with Crippen molar-refractivity contribution in [3.63, 3.8) is 0 Å². The fourth-order valence-electron chi connectivity index (χ4n) is 4.33. The Kier molecular flexibility index (Phi) is 7.05. The lowest BCUT2D eigenvalue weighted by molar-refractivity contribution is 0.150. The largest absolute Gasteiger partial charge is 0.356 e. The first-order chi connectivity index (χ1) is 13.1. The molecule has 1 aromatic rings. The topological polar surface area (TPSA) is 39.7 Å². The van der Waals surface area contributed by atoms with Gasteiger partial charge >= 0.3 is 0 Å². The molecule has 3 rings (SSSR count). The number of piperidine rings is 1. The summed E-state index contributed by atoms with van der Waals surface area (Å²) in [6.45, 7) is 4.77. The lowest BCUT2D eigenvalue weighted by Gasteiger charge is -2.36. The summed E-state index contributed by atoms with van der Waals surface area (Å²) in [6.07, 6.45) is 7.73. The average Bonchev–Trinajstić information content (AvgIpc) is 3.20. The molecule has 1 saturated carbocycles. The van der Waals surface area contributed by atoms with Gasteiger partial charge in [0.25, 0.3) is 0 Å². The van der Waals surface area contributed by atoms with E-state index in [0.717, 1.165) is 44.0 Å². The predicted molar refractivity (Wildman–Crippen MR) is 106 cm³/mol. The molecule has 0 amide bonds. The molecule has 0 radical (unpaired) electrons. The number of halogens is 2. The van der Waals surface area contributed by atoms with Gasteiger partial charge < -0.3 is 15.5 Å². The second-order valence-corrected chi connectivity index (χ2v) is 7.91. The normalized spacial score (nSPS) is 21.4. The standard InChI is InChI=1S/C21H32F2N4/c1-15(19-8-7-16(22)13-20(19)23)14-25-21(24-2)26-17-9-11-27(12-10-17)18-5-3-4-6-18/h7-8,13,15,17-18H,3-6,9-12,14H2,1-2H3,(H2,24,25,26). The zero-order chi connectivity index (χ0) is 19.2. The summed E-state index contributed by atoms with van der Waals surface area (Å²) < 4.78 is 27.0. The Bertz CT molecular complexity index is 635. The highest BCUT2D eigenvalue weighted by atomic mass is 19.1. The van der Waals surface area contributed by atoms with Crippen molar-refractivity contribution < 1.29 is 8.78 Å². The SMILES string of the molecule is CN=C(NCC(C)c1ccc(F)cc1F)NC1CCN(C2CCCC2)CC1. The van der Waals surface area contributed by atoms with Crippen LogP contribution in [-0.4, -0.2) is 49.6 Å². The first-order valence-electron chi connectivity index (χ1n) is 10.2. The van der Waals surface area contributed by atoms with Crippen molar-refractivity contribution in [2.24, 2.45) is 4.99 Å². The number of likely N-dealkylation sites (tertiary alicyclic amines) is 1. The Morgan fingerprint density at radius 3 is 2.52 bits per heavy atom. The van der Waals surface area contributed by atoms with Gasteiger partial charge in [-0.3, -0.25) is 4.99 Å². The molecular formula is C21H32F2N4. The van der Waals surface area contributed by atoms with Crippen molar-refractivity contribution in [3.05, 3.63) is 35.4 Å². The van der Waals surface area contributed by atoms with Crippen LogP contribution in [-0.2, 0) is 0 Å². The van der Waals surface area contributed by atoms with Gasteiger partial charge in [-0.25, -0.2) is 8.78 Å².